The van der Waals surface area contributed by atoms with E-state index in [2.05, 4.69) is 93.7 Å². The van der Waals surface area contributed by atoms with E-state index in [0.29, 0.717) is 19.1 Å². The first-order valence-electron chi connectivity index (χ1n) is 20.0. The average molecular weight is 757 g/mol. The van der Waals surface area contributed by atoms with Crippen molar-refractivity contribution in [2.24, 2.45) is 5.92 Å². The van der Waals surface area contributed by atoms with E-state index in [-0.39, 0.29) is 17.2 Å². The van der Waals surface area contributed by atoms with E-state index >= 15 is 0 Å². The number of morpholine rings is 3. The van der Waals surface area contributed by atoms with E-state index in [1.165, 1.54) is 17.5 Å². The van der Waals surface area contributed by atoms with Crippen molar-refractivity contribution in [3.05, 3.63) is 117 Å². The molecule has 2 atom stereocenters. The highest BCUT2D eigenvalue weighted by Gasteiger charge is 2.22. The predicted octanol–water partition coefficient (Wildman–Crippen LogP) is 6.51. The molecule has 11 nitrogen and oxygen atoms in total. The molecule has 11 heteroatoms. The maximum absolute atomic E-state index is 11.9. The molecule has 4 saturated heterocycles. The molecule has 0 bridgehead atoms. The second-order valence-corrected chi connectivity index (χ2v) is 14.2. The first kappa shape index (κ1) is 43.2. The van der Waals surface area contributed by atoms with Crippen LogP contribution < -0.4 is 30.7 Å². The van der Waals surface area contributed by atoms with Crippen LogP contribution in [-0.4, -0.2) is 101 Å². The SMILES string of the molecule is CC.C[C@H]1CCN(c2cc(N3CCO[C@H](C)C3)cc(=O)[nH]2)C1.Cc1ccccc1.Cc1ccccc1.O=c1cc(N2CCOCC2)cc(N2CCOCC2)[nH]1. The largest absolute Gasteiger partial charge is 0.378 e. The Morgan fingerprint density at radius 1 is 0.545 bits per heavy atom. The van der Waals surface area contributed by atoms with Crippen molar-refractivity contribution in [3.8, 4) is 0 Å². The molecule has 0 saturated carbocycles. The number of aromatic amines is 2. The van der Waals surface area contributed by atoms with E-state index in [4.69, 9.17) is 14.2 Å². The molecule has 4 fully saturated rings. The summed E-state index contributed by atoms with van der Waals surface area (Å²) in [5.74, 6) is 2.54. The minimum Gasteiger partial charge on any atom is -0.378 e. The maximum atomic E-state index is 11.9. The summed E-state index contributed by atoms with van der Waals surface area (Å²) in [6.45, 7) is 23.2. The number of H-pyrrole nitrogens is 2. The molecular formula is C44H64N6O5. The zero-order valence-electron chi connectivity index (χ0n) is 34.0. The third-order valence-electron chi connectivity index (χ3n) is 9.61. The summed E-state index contributed by atoms with van der Waals surface area (Å²) in [5, 5.41) is 0. The van der Waals surface area contributed by atoms with Gasteiger partial charge >= 0.3 is 0 Å². The van der Waals surface area contributed by atoms with Gasteiger partial charge in [0.2, 0.25) is 0 Å². The Morgan fingerprint density at radius 3 is 1.44 bits per heavy atom. The van der Waals surface area contributed by atoms with Gasteiger partial charge in [-0.2, -0.15) is 0 Å². The molecule has 0 radical (unpaired) electrons. The van der Waals surface area contributed by atoms with Gasteiger partial charge in [0.1, 0.15) is 11.6 Å². The monoisotopic (exact) mass is 756 g/mol. The first-order chi connectivity index (χ1) is 26.7. The smallest absolute Gasteiger partial charge is 0.251 e. The molecule has 8 rings (SSSR count). The van der Waals surface area contributed by atoms with Crippen LogP contribution in [0.2, 0.25) is 0 Å². The summed E-state index contributed by atoms with van der Waals surface area (Å²) in [6.07, 6.45) is 1.42. The number of aromatic nitrogens is 2. The number of benzene rings is 2. The van der Waals surface area contributed by atoms with Crippen molar-refractivity contribution in [3.63, 3.8) is 0 Å². The van der Waals surface area contributed by atoms with Crippen LogP contribution in [0.3, 0.4) is 0 Å². The number of hydrogen-bond acceptors (Lipinski definition) is 9. The van der Waals surface area contributed by atoms with E-state index in [1.807, 2.05) is 50.2 Å². The van der Waals surface area contributed by atoms with Crippen molar-refractivity contribution in [2.75, 3.05) is 105 Å². The second kappa shape index (κ2) is 23.4. The van der Waals surface area contributed by atoms with Crippen LogP contribution in [0.25, 0.3) is 0 Å². The number of aryl methyl sites for hydroxylation is 2. The van der Waals surface area contributed by atoms with Crippen LogP contribution in [0.15, 0.2) is 94.5 Å². The highest BCUT2D eigenvalue weighted by molar-refractivity contribution is 5.56. The van der Waals surface area contributed by atoms with Gasteiger partial charge in [-0.1, -0.05) is 92.6 Å². The Balaban J connectivity index is 0.000000177. The molecule has 2 aromatic heterocycles. The number of anilines is 4. The summed E-state index contributed by atoms with van der Waals surface area (Å²) in [6, 6.07) is 28.0. The van der Waals surface area contributed by atoms with Gasteiger partial charge in [0.05, 0.1) is 39.1 Å². The van der Waals surface area contributed by atoms with Crippen LogP contribution in [0.5, 0.6) is 0 Å². The molecule has 6 heterocycles. The number of hydrogen-bond donors (Lipinski definition) is 2. The third-order valence-corrected chi connectivity index (χ3v) is 9.61. The lowest BCUT2D eigenvalue weighted by Gasteiger charge is -2.33. The molecule has 0 spiro atoms. The molecule has 4 aromatic rings. The molecule has 4 aliphatic rings. The molecule has 55 heavy (non-hydrogen) atoms. The Kier molecular flexibility index (Phi) is 18.3. The van der Waals surface area contributed by atoms with Crippen LogP contribution in [0, 0.1) is 19.8 Å². The Bertz CT molecular complexity index is 1680. The van der Waals surface area contributed by atoms with E-state index in [0.717, 1.165) is 95.2 Å². The number of nitrogens with zero attached hydrogens (tertiary/aromatic N) is 4. The quantitative estimate of drug-likeness (QED) is 0.241. The van der Waals surface area contributed by atoms with Crippen molar-refractivity contribution in [2.45, 2.75) is 54.1 Å². The van der Waals surface area contributed by atoms with Crippen molar-refractivity contribution in [1.82, 2.24) is 9.97 Å². The third kappa shape index (κ3) is 14.9. The molecule has 0 amide bonds. The molecule has 2 aromatic carbocycles. The Morgan fingerprint density at radius 2 is 1.00 bits per heavy atom. The molecule has 300 valence electrons. The standard InChI is InChI=1S/C15H23N3O2.C13H19N3O3.2C7H8.C2H6/c1-11-3-4-18(9-11)14-7-13(8-15(19)16-14)17-5-6-20-12(2)10-17;17-13-10-11(15-1-5-18-6-2-15)9-12(14-13)16-3-7-19-8-4-16;2*1-7-5-3-2-4-6-7;1-2/h7-8,11-12H,3-6,9-10H2,1-2H3,(H,16,19);9-10H,1-8H2,(H,14,17);2*2-6H,1H3;1-2H3/t11-,12+;;;;/m0..../s1. The number of ether oxygens (including phenoxy) is 3. The zero-order chi connectivity index (χ0) is 39.4. The minimum atomic E-state index is -0.0505. The van der Waals surface area contributed by atoms with Gasteiger partial charge in [0.15, 0.2) is 0 Å². The van der Waals surface area contributed by atoms with Crippen molar-refractivity contribution < 1.29 is 14.2 Å². The van der Waals surface area contributed by atoms with Gasteiger partial charge in [-0.3, -0.25) is 9.59 Å². The summed E-state index contributed by atoms with van der Waals surface area (Å²) in [5.41, 5.74) is 4.57. The number of rotatable bonds is 4. The molecular weight excluding hydrogens is 693 g/mol. The summed E-state index contributed by atoms with van der Waals surface area (Å²) < 4.78 is 16.2. The number of pyridine rings is 2. The molecule has 0 aliphatic carbocycles. The van der Waals surface area contributed by atoms with Gasteiger partial charge in [-0.15, -0.1) is 0 Å². The topological polar surface area (TPSA) is 106 Å². The van der Waals surface area contributed by atoms with E-state index in [1.54, 1.807) is 12.1 Å². The van der Waals surface area contributed by atoms with Gasteiger partial charge in [-0.05, 0) is 33.1 Å². The van der Waals surface area contributed by atoms with Crippen LogP contribution in [0.1, 0.15) is 45.2 Å². The van der Waals surface area contributed by atoms with E-state index in [9.17, 15) is 9.59 Å². The van der Waals surface area contributed by atoms with Gasteiger partial charge in [-0.25, -0.2) is 0 Å². The fourth-order valence-corrected chi connectivity index (χ4v) is 6.64. The Hall–Kier alpha value is -4.58. The Labute approximate surface area is 328 Å². The normalized spacial score (nSPS) is 19.3. The number of nitrogens with one attached hydrogen (secondary N) is 2. The summed E-state index contributed by atoms with van der Waals surface area (Å²) in [4.78, 5) is 38.5. The van der Waals surface area contributed by atoms with Gasteiger partial charge in [0, 0.05) is 88.0 Å². The lowest BCUT2D eigenvalue weighted by molar-refractivity contribution is 0.0532. The van der Waals surface area contributed by atoms with Gasteiger partial charge in [0.25, 0.3) is 11.1 Å². The minimum absolute atomic E-state index is 0.0174. The highest BCUT2D eigenvalue weighted by Crippen LogP contribution is 2.25. The lowest BCUT2D eigenvalue weighted by atomic mass is 10.2. The first-order valence-corrected chi connectivity index (χ1v) is 20.0. The fourth-order valence-electron chi connectivity index (χ4n) is 6.64. The van der Waals surface area contributed by atoms with Crippen LogP contribution >= 0.6 is 0 Å². The van der Waals surface area contributed by atoms with Crippen molar-refractivity contribution >= 4 is 23.0 Å². The van der Waals surface area contributed by atoms with Crippen LogP contribution in [0.4, 0.5) is 23.0 Å². The molecule has 0 unspecified atom stereocenters. The molecule has 4 aliphatic heterocycles. The summed E-state index contributed by atoms with van der Waals surface area (Å²) in [7, 11) is 0. The van der Waals surface area contributed by atoms with Crippen molar-refractivity contribution in [1.29, 1.82) is 0 Å². The lowest BCUT2D eigenvalue weighted by Crippen LogP contribution is -2.41. The van der Waals surface area contributed by atoms with E-state index < -0.39 is 0 Å². The van der Waals surface area contributed by atoms with Gasteiger partial charge < -0.3 is 43.8 Å². The average Bonchev–Trinajstić information content (AvgIpc) is 3.66. The zero-order valence-corrected chi connectivity index (χ0v) is 34.0. The van der Waals surface area contributed by atoms with Crippen LogP contribution in [-0.2, 0) is 14.2 Å². The maximum Gasteiger partial charge on any atom is 0.251 e. The highest BCUT2D eigenvalue weighted by atomic mass is 16.5. The predicted molar refractivity (Wildman–Crippen MR) is 228 cm³/mol. The summed E-state index contributed by atoms with van der Waals surface area (Å²) >= 11 is 0. The molecule has 2 N–H and O–H groups in total. The fraction of sp³-hybridized carbons (Fsp3) is 0.500. The second-order valence-electron chi connectivity index (χ2n) is 14.2.